The van der Waals surface area contributed by atoms with Crippen molar-refractivity contribution >= 4 is 21.6 Å². The van der Waals surface area contributed by atoms with Crippen LogP contribution in [0.1, 0.15) is 12.5 Å². The van der Waals surface area contributed by atoms with Crippen LogP contribution in [0.2, 0.25) is 0 Å². The molecule has 5 heteroatoms. The van der Waals surface area contributed by atoms with Gasteiger partial charge in [-0.2, -0.15) is 0 Å². The highest BCUT2D eigenvalue weighted by molar-refractivity contribution is 9.10. The number of nitrogens with one attached hydrogen (secondary N) is 1. The van der Waals surface area contributed by atoms with Gasteiger partial charge in [0.05, 0.1) is 25.9 Å². The summed E-state index contributed by atoms with van der Waals surface area (Å²) in [6, 6.07) is 6.05. The van der Waals surface area contributed by atoms with E-state index in [1.807, 2.05) is 32.0 Å². The molecule has 0 heterocycles. The van der Waals surface area contributed by atoms with E-state index in [4.69, 9.17) is 9.47 Å². The summed E-state index contributed by atoms with van der Waals surface area (Å²) >= 11 is 3.47. The van der Waals surface area contributed by atoms with Crippen molar-refractivity contribution < 1.29 is 14.6 Å². The quantitative estimate of drug-likeness (QED) is 0.683. The lowest BCUT2D eigenvalue weighted by atomic mass is 10.2. The number of anilines is 1. The minimum absolute atomic E-state index is 0.309. The monoisotopic (exact) mass is 331 g/mol. The second-order valence-corrected chi connectivity index (χ2v) is 5.14. The maximum Gasteiger partial charge on any atom is 0.0945 e. The first-order valence-electron chi connectivity index (χ1n) is 6.47. The normalized spacial score (nSPS) is 12.4. The van der Waals surface area contributed by atoms with Crippen molar-refractivity contribution in [2.45, 2.75) is 20.0 Å². The van der Waals surface area contributed by atoms with Crippen LogP contribution in [-0.2, 0) is 9.47 Å². The van der Waals surface area contributed by atoms with E-state index in [0.717, 1.165) is 10.2 Å². The topological polar surface area (TPSA) is 50.7 Å². The zero-order chi connectivity index (χ0) is 14.1. The molecular formula is C14H22BrNO3. The molecule has 0 amide bonds. The number of ether oxygens (including phenoxy) is 2. The molecule has 4 nitrogen and oxygen atoms in total. The van der Waals surface area contributed by atoms with Gasteiger partial charge in [-0.1, -0.05) is 6.07 Å². The van der Waals surface area contributed by atoms with E-state index < -0.39 is 6.10 Å². The van der Waals surface area contributed by atoms with E-state index >= 15 is 0 Å². The molecule has 0 aliphatic heterocycles. The molecule has 1 atom stereocenters. The summed E-state index contributed by atoms with van der Waals surface area (Å²) in [7, 11) is 0. The fourth-order valence-electron chi connectivity index (χ4n) is 1.54. The number of aliphatic hydroxyl groups excluding tert-OH is 1. The van der Waals surface area contributed by atoms with Gasteiger partial charge in [-0.15, -0.1) is 0 Å². The van der Waals surface area contributed by atoms with Gasteiger partial charge < -0.3 is 19.9 Å². The highest BCUT2D eigenvalue weighted by atomic mass is 79.9. The molecule has 0 bridgehead atoms. The molecule has 0 aliphatic rings. The summed E-state index contributed by atoms with van der Waals surface area (Å²) < 4.78 is 11.4. The van der Waals surface area contributed by atoms with Gasteiger partial charge in [0.2, 0.25) is 0 Å². The molecule has 1 unspecified atom stereocenters. The van der Waals surface area contributed by atoms with E-state index in [1.54, 1.807) is 0 Å². The van der Waals surface area contributed by atoms with E-state index in [9.17, 15) is 5.11 Å². The lowest BCUT2D eigenvalue weighted by Gasteiger charge is -2.14. The second kappa shape index (κ2) is 9.31. The molecule has 2 N–H and O–H groups in total. The van der Waals surface area contributed by atoms with Gasteiger partial charge in [0, 0.05) is 23.3 Å². The lowest BCUT2D eigenvalue weighted by molar-refractivity contribution is 0.0103. The molecule has 19 heavy (non-hydrogen) atoms. The SMILES string of the molecule is CCOCCOCC(O)CNc1cc(C)ccc1Br. The Morgan fingerprint density at radius 2 is 2.05 bits per heavy atom. The van der Waals surface area contributed by atoms with Crippen molar-refractivity contribution in [1.29, 1.82) is 0 Å². The predicted molar refractivity (Wildman–Crippen MR) is 80.7 cm³/mol. The summed E-state index contributed by atoms with van der Waals surface area (Å²) in [4.78, 5) is 0. The van der Waals surface area contributed by atoms with Crippen molar-refractivity contribution in [3.63, 3.8) is 0 Å². The van der Waals surface area contributed by atoms with Gasteiger partial charge in [0.15, 0.2) is 0 Å². The highest BCUT2D eigenvalue weighted by Gasteiger charge is 2.06. The Morgan fingerprint density at radius 1 is 1.32 bits per heavy atom. The molecule has 1 aromatic carbocycles. The maximum absolute atomic E-state index is 9.78. The first-order valence-corrected chi connectivity index (χ1v) is 7.26. The predicted octanol–water partition coefficient (Wildman–Crippen LogP) is 2.58. The van der Waals surface area contributed by atoms with Crippen LogP contribution in [-0.4, -0.2) is 44.2 Å². The standard InChI is InChI=1S/C14H22BrNO3/c1-3-18-6-7-19-10-12(17)9-16-14-8-11(2)4-5-13(14)15/h4-5,8,12,16-17H,3,6-7,9-10H2,1-2H3. The summed E-state index contributed by atoms with van der Waals surface area (Å²) in [5.41, 5.74) is 2.15. The molecule has 0 aromatic heterocycles. The van der Waals surface area contributed by atoms with Crippen molar-refractivity contribution in [2.75, 3.05) is 38.3 Å². The Kier molecular flexibility index (Phi) is 8.05. The van der Waals surface area contributed by atoms with Gasteiger partial charge in [-0.25, -0.2) is 0 Å². The number of hydrogen-bond donors (Lipinski definition) is 2. The molecule has 0 fully saturated rings. The van der Waals surface area contributed by atoms with Gasteiger partial charge in [0.1, 0.15) is 0 Å². The van der Waals surface area contributed by atoms with Crippen molar-refractivity contribution in [3.05, 3.63) is 28.2 Å². The maximum atomic E-state index is 9.78. The van der Waals surface area contributed by atoms with Crippen LogP contribution >= 0.6 is 15.9 Å². The third-order valence-corrected chi connectivity index (χ3v) is 3.23. The third-order valence-electron chi connectivity index (χ3n) is 2.54. The number of aryl methyl sites for hydroxylation is 1. The minimum atomic E-state index is -0.533. The van der Waals surface area contributed by atoms with Gasteiger partial charge in [-0.05, 0) is 47.5 Å². The molecule has 0 aliphatic carbocycles. The Bertz CT molecular complexity index is 374. The van der Waals surface area contributed by atoms with Crippen LogP contribution in [0.3, 0.4) is 0 Å². The van der Waals surface area contributed by atoms with Crippen LogP contribution in [0.4, 0.5) is 5.69 Å². The molecule has 108 valence electrons. The minimum Gasteiger partial charge on any atom is -0.389 e. The van der Waals surface area contributed by atoms with Gasteiger partial charge in [-0.3, -0.25) is 0 Å². The number of benzene rings is 1. The number of aliphatic hydroxyl groups is 1. The van der Waals surface area contributed by atoms with Crippen LogP contribution in [0, 0.1) is 6.92 Å². The number of halogens is 1. The van der Waals surface area contributed by atoms with Crippen molar-refractivity contribution in [2.24, 2.45) is 0 Å². The molecule has 0 saturated heterocycles. The van der Waals surface area contributed by atoms with Crippen molar-refractivity contribution in [1.82, 2.24) is 0 Å². The Morgan fingerprint density at radius 3 is 2.79 bits per heavy atom. The molecular weight excluding hydrogens is 310 g/mol. The fraction of sp³-hybridized carbons (Fsp3) is 0.571. The molecule has 0 saturated carbocycles. The summed E-state index contributed by atoms with van der Waals surface area (Å²) in [5, 5.41) is 13.0. The lowest BCUT2D eigenvalue weighted by Crippen LogP contribution is -2.25. The second-order valence-electron chi connectivity index (χ2n) is 4.29. The van der Waals surface area contributed by atoms with E-state index in [0.29, 0.717) is 33.0 Å². The van der Waals surface area contributed by atoms with E-state index in [-0.39, 0.29) is 0 Å². The zero-order valence-electron chi connectivity index (χ0n) is 11.5. The average Bonchev–Trinajstić information content (AvgIpc) is 2.39. The Balaban J connectivity index is 2.22. The largest absolute Gasteiger partial charge is 0.389 e. The molecule has 1 aromatic rings. The molecule has 1 rings (SSSR count). The Hall–Kier alpha value is -0.620. The van der Waals surface area contributed by atoms with Crippen LogP contribution < -0.4 is 5.32 Å². The average molecular weight is 332 g/mol. The van der Waals surface area contributed by atoms with Crippen LogP contribution in [0.15, 0.2) is 22.7 Å². The molecule has 0 spiro atoms. The summed E-state index contributed by atoms with van der Waals surface area (Å²) in [6.07, 6.45) is -0.533. The highest BCUT2D eigenvalue weighted by Crippen LogP contribution is 2.23. The molecule has 0 radical (unpaired) electrons. The zero-order valence-corrected chi connectivity index (χ0v) is 13.1. The smallest absolute Gasteiger partial charge is 0.0945 e. The van der Waals surface area contributed by atoms with Gasteiger partial charge in [0.25, 0.3) is 0 Å². The first kappa shape index (κ1) is 16.4. The van der Waals surface area contributed by atoms with Crippen LogP contribution in [0.5, 0.6) is 0 Å². The van der Waals surface area contributed by atoms with E-state index in [1.165, 1.54) is 5.56 Å². The fourth-order valence-corrected chi connectivity index (χ4v) is 1.93. The number of hydrogen-bond acceptors (Lipinski definition) is 4. The first-order chi connectivity index (χ1) is 9.13. The van der Waals surface area contributed by atoms with Crippen LogP contribution in [0.25, 0.3) is 0 Å². The van der Waals surface area contributed by atoms with Crippen molar-refractivity contribution in [3.8, 4) is 0 Å². The number of rotatable bonds is 9. The van der Waals surface area contributed by atoms with Gasteiger partial charge >= 0.3 is 0 Å². The van der Waals surface area contributed by atoms with E-state index in [2.05, 4.69) is 21.2 Å². The summed E-state index contributed by atoms with van der Waals surface area (Å²) in [6.45, 7) is 6.51. The third kappa shape index (κ3) is 6.92. The summed E-state index contributed by atoms with van der Waals surface area (Å²) in [5.74, 6) is 0. The Labute approximate surface area is 123 Å².